The zero-order valence-corrected chi connectivity index (χ0v) is 14.1. The molecule has 4 rings (SSSR count). The Hall–Kier alpha value is -2.39. The highest BCUT2D eigenvalue weighted by molar-refractivity contribution is 6.30. The number of carbonyl (C=O) groups excluding carboxylic acids is 1. The summed E-state index contributed by atoms with van der Waals surface area (Å²) in [5.41, 5.74) is 5.41. The number of anilines is 1. The maximum absolute atomic E-state index is 12.8. The molecule has 0 saturated heterocycles. The van der Waals surface area contributed by atoms with Crippen molar-refractivity contribution in [3.05, 3.63) is 70.4 Å². The van der Waals surface area contributed by atoms with Gasteiger partial charge in [0, 0.05) is 17.1 Å². The molecule has 1 saturated carbocycles. The van der Waals surface area contributed by atoms with Gasteiger partial charge in [-0.25, -0.2) is 0 Å². The standard InChI is InChI=1S/C20H17ClN2O/c1-12-20-18(23-17-8-3-2-7-16(17)22-12)10-14(11-19(20)24)13-5-4-6-15(21)9-13/h2-9,14,22H,10-11H2,1H3/t14-/m1/s1. The van der Waals surface area contributed by atoms with Crippen LogP contribution in [0.2, 0.25) is 5.02 Å². The number of fused-ring (bicyclic) bond motifs is 2. The lowest BCUT2D eigenvalue weighted by atomic mass is 9.79. The van der Waals surface area contributed by atoms with Gasteiger partial charge in [0.1, 0.15) is 0 Å². The highest BCUT2D eigenvalue weighted by Gasteiger charge is 2.32. The lowest BCUT2D eigenvalue weighted by Crippen LogP contribution is -2.26. The van der Waals surface area contributed by atoms with E-state index in [1.54, 1.807) is 0 Å². The molecule has 3 nitrogen and oxygen atoms in total. The SMILES string of the molecule is CC1=C2C(=O)C[C@H](c3cccc(Cl)c3)CC2=Nc2ccccc2N1. The molecule has 0 bridgehead atoms. The molecule has 120 valence electrons. The quantitative estimate of drug-likeness (QED) is 0.771. The number of ketones is 1. The summed E-state index contributed by atoms with van der Waals surface area (Å²) in [6, 6.07) is 15.7. The number of rotatable bonds is 1. The van der Waals surface area contributed by atoms with Gasteiger partial charge >= 0.3 is 0 Å². The van der Waals surface area contributed by atoms with Gasteiger partial charge in [-0.2, -0.15) is 0 Å². The van der Waals surface area contributed by atoms with Gasteiger partial charge < -0.3 is 5.32 Å². The van der Waals surface area contributed by atoms with Crippen LogP contribution in [0.4, 0.5) is 11.4 Å². The monoisotopic (exact) mass is 336 g/mol. The molecule has 0 radical (unpaired) electrons. The van der Waals surface area contributed by atoms with Crippen molar-refractivity contribution in [3.63, 3.8) is 0 Å². The number of aliphatic imine (C=N–C) groups is 1. The molecule has 0 spiro atoms. The zero-order valence-electron chi connectivity index (χ0n) is 13.3. The molecule has 0 aromatic heterocycles. The number of para-hydroxylation sites is 2. The molecule has 0 unspecified atom stereocenters. The third-order valence-corrected chi connectivity index (χ3v) is 4.85. The normalized spacial score (nSPS) is 19.8. The number of nitrogens with one attached hydrogen (secondary N) is 1. The highest BCUT2D eigenvalue weighted by Crippen LogP contribution is 2.38. The van der Waals surface area contributed by atoms with Crippen molar-refractivity contribution in [3.8, 4) is 0 Å². The van der Waals surface area contributed by atoms with Gasteiger partial charge in [0.15, 0.2) is 5.78 Å². The summed E-state index contributed by atoms with van der Waals surface area (Å²) in [5.74, 6) is 0.263. The molecule has 1 aliphatic heterocycles. The van der Waals surface area contributed by atoms with Crippen LogP contribution in [-0.2, 0) is 4.79 Å². The number of hydrogen-bond donors (Lipinski definition) is 1. The third-order valence-electron chi connectivity index (χ3n) is 4.62. The molecule has 2 aromatic rings. The number of Topliss-reactive ketones (excluding diaryl/α,β-unsaturated/α-hetero) is 1. The molecule has 4 heteroatoms. The van der Waals surface area contributed by atoms with Crippen molar-refractivity contribution in [2.24, 2.45) is 4.99 Å². The molecule has 24 heavy (non-hydrogen) atoms. The molecule has 1 N–H and O–H groups in total. The Kier molecular flexibility index (Phi) is 3.73. The van der Waals surface area contributed by atoms with Gasteiger partial charge in [0.05, 0.1) is 22.7 Å². The fraction of sp³-hybridized carbons (Fsp3) is 0.200. The Labute approximate surface area is 146 Å². The molecule has 1 fully saturated rings. The fourth-order valence-corrected chi connectivity index (χ4v) is 3.70. The van der Waals surface area contributed by atoms with Crippen LogP contribution in [0.5, 0.6) is 0 Å². The van der Waals surface area contributed by atoms with E-state index in [2.05, 4.69) is 5.32 Å². The Morgan fingerprint density at radius 1 is 1.12 bits per heavy atom. The van der Waals surface area contributed by atoms with Crippen LogP contribution in [0.25, 0.3) is 0 Å². The van der Waals surface area contributed by atoms with Crippen molar-refractivity contribution in [2.75, 3.05) is 5.32 Å². The second-order valence-corrected chi connectivity index (χ2v) is 6.72. The fourth-order valence-electron chi connectivity index (χ4n) is 3.50. The second kappa shape index (κ2) is 5.91. The van der Waals surface area contributed by atoms with Gasteiger partial charge in [-0.3, -0.25) is 9.79 Å². The van der Waals surface area contributed by atoms with Crippen molar-refractivity contribution in [1.29, 1.82) is 0 Å². The molecular formula is C20H17ClN2O. The summed E-state index contributed by atoms with van der Waals surface area (Å²) < 4.78 is 0. The van der Waals surface area contributed by atoms with Crippen molar-refractivity contribution >= 4 is 34.5 Å². The van der Waals surface area contributed by atoms with E-state index in [0.29, 0.717) is 11.4 Å². The van der Waals surface area contributed by atoms with Crippen LogP contribution in [-0.4, -0.2) is 11.5 Å². The number of halogens is 1. The van der Waals surface area contributed by atoms with Gasteiger partial charge in [-0.05, 0) is 49.1 Å². The predicted octanol–water partition coefficient (Wildman–Crippen LogP) is 5.26. The van der Waals surface area contributed by atoms with Crippen LogP contribution in [0.3, 0.4) is 0 Å². The number of carbonyl (C=O) groups is 1. The van der Waals surface area contributed by atoms with Crippen LogP contribution in [0.1, 0.15) is 31.2 Å². The first-order valence-electron chi connectivity index (χ1n) is 8.05. The van der Waals surface area contributed by atoms with Crippen LogP contribution >= 0.6 is 11.6 Å². The van der Waals surface area contributed by atoms with E-state index >= 15 is 0 Å². The molecule has 1 heterocycles. The minimum absolute atomic E-state index is 0.122. The summed E-state index contributed by atoms with van der Waals surface area (Å²) in [7, 11) is 0. The van der Waals surface area contributed by atoms with E-state index in [0.717, 1.165) is 40.3 Å². The number of benzene rings is 2. The minimum atomic E-state index is 0.122. The number of nitrogens with zero attached hydrogens (tertiary/aromatic N) is 1. The average molecular weight is 337 g/mol. The molecular weight excluding hydrogens is 320 g/mol. The van der Waals surface area contributed by atoms with E-state index in [9.17, 15) is 4.79 Å². The average Bonchev–Trinajstić information content (AvgIpc) is 2.70. The van der Waals surface area contributed by atoms with Crippen LogP contribution in [0, 0.1) is 0 Å². The Morgan fingerprint density at radius 3 is 2.79 bits per heavy atom. The first-order chi connectivity index (χ1) is 11.6. The Morgan fingerprint density at radius 2 is 1.96 bits per heavy atom. The first kappa shape index (κ1) is 15.2. The van der Waals surface area contributed by atoms with E-state index < -0.39 is 0 Å². The summed E-state index contributed by atoms with van der Waals surface area (Å²) in [4.78, 5) is 17.6. The zero-order chi connectivity index (χ0) is 16.7. The molecule has 1 aliphatic carbocycles. The predicted molar refractivity (Wildman–Crippen MR) is 98.3 cm³/mol. The summed E-state index contributed by atoms with van der Waals surface area (Å²) in [6.07, 6.45) is 1.23. The minimum Gasteiger partial charge on any atom is -0.357 e. The van der Waals surface area contributed by atoms with Gasteiger partial charge in [0.25, 0.3) is 0 Å². The van der Waals surface area contributed by atoms with Crippen LogP contribution in [0.15, 0.2) is 64.8 Å². The summed E-state index contributed by atoms with van der Waals surface area (Å²) in [6.45, 7) is 1.95. The third kappa shape index (κ3) is 2.65. The number of allylic oxidation sites excluding steroid dienone is 2. The first-order valence-corrected chi connectivity index (χ1v) is 8.43. The van der Waals surface area contributed by atoms with Crippen molar-refractivity contribution in [1.82, 2.24) is 0 Å². The second-order valence-electron chi connectivity index (χ2n) is 6.28. The lowest BCUT2D eigenvalue weighted by molar-refractivity contribution is -0.115. The molecule has 0 amide bonds. The summed E-state index contributed by atoms with van der Waals surface area (Å²) in [5, 5.41) is 4.04. The molecule has 1 atom stereocenters. The van der Waals surface area contributed by atoms with E-state index in [1.807, 2.05) is 55.5 Å². The van der Waals surface area contributed by atoms with Gasteiger partial charge in [0.2, 0.25) is 0 Å². The maximum Gasteiger partial charge on any atom is 0.167 e. The highest BCUT2D eigenvalue weighted by atomic mass is 35.5. The summed E-state index contributed by atoms with van der Waals surface area (Å²) >= 11 is 6.12. The smallest absolute Gasteiger partial charge is 0.167 e. The van der Waals surface area contributed by atoms with Crippen molar-refractivity contribution < 1.29 is 4.79 Å². The Bertz CT molecular complexity index is 898. The van der Waals surface area contributed by atoms with E-state index in [-0.39, 0.29) is 11.7 Å². The van der Waals surface area contributed by atoms with Gasteiger partial charge in [-0.15, -0.1) is 0 Å². The van der Waals surface area contributed by atoms with Gasteiger partial charge in [-0.1, -0.05) is 35.9 Å². The number of hydrogen-bond acceptors (Lipinski definition) is 3. The maximum atomic E-state index is 12.8. The lowest BCUT2D eigenvalue weighted by Gasteiger charge is -2.25. The Balaban J connectivity index is 1.78. The van der Waals surface area contributed by atoms with Crippen molar-refractivity contribution in [2.45, 2.75) is 25.7 Å². The topological polar surface area (TPSA) is 41.5 Å². The van der Waals surface area contributed by atoms with Crippen LogP contribution < -0.4 is 5.32 Å². The largest absolute Gasteiger partial charge is 0.357 e. The van der Waals surface area contributed by atoms with E-state index in [1.165, 1.54) is 0 Å². The molecule has 2 aromatic carbocycles. The molecule has 2 aliphatic rings. The van der Waals surface area contributed by atoms with E-state index in [4.69, 9.17) is 16.6 Å².